The third-order valence-corrected chi connectivity index (χ3v) is 4.89. The minimum atomic E-state index is -3.76. The lowest BCUT2D eigenvalue weighted by Gasteiger charge is -2.10. The standard InChI is InChI=1S/C18H23N3O4S/c1-2-25-16-7-9-17(10-8-16)26(23,24)21-15-6-3-5-14(13-15)18(22)20-12-4-11-19/h3,5-10,13,21H,2,4,11-12,19H2,1H3,(H,20,22). The van der Waals surface area contributed by atoms with Crippen molar-refractivity contribution in [2.75, 3.05) is 24.4 Å². The summed E-state index contributed by atoms with van der Waals surface area (Å²) in [6.07, 6.45) is 0.676. The molecule has 2 aromatic rings. The summed E-state index contributed by atoms with van der Waals surface area (Å²) in [5.41, 5.74) is 6.07. The summed E-state index contributed by atoms with van der Waals surface area (Å²) in [5.74, 6) is 0.322. The van der Waals surface area contributed by atoms with E-state index in [-0.39, 0.29) is 10.8 Å². The number of rotatable bonds is 9. The summed E-state index contributed by atoms with van der Waals surface area (Å²) in [7, 11) is -3.76. The Hall–Kier alpha value is -2.58. The molecule has 0 radical (unpaired) electrons. The first-order valence-electron chi connectivity index (χ1n) is 8.30. The lowest BCUT2D eigenvalue weighted by atomic mass is 10.2. The van der Waals surface area contributed by atoms with Crippen molar-refractivity contribution in [3.8, 4) is 5.75 Å². The van der Waals surface area contributed by atoms with Crippen LogP contribution in [-0.2, 0) is 10.0 Å². The molecule has 0 aliphatic heterocycles. The Morgan fingerprint density at radius 3 is 2.54 bits per heavy atom. The second-order valence-electron chi connectivity index (χ2n) is 5.49. The van der Waals surface area contributed by atoms with Crippen molar-refractivity contribution in [1.82, 2.24) is 5.32 Å². The number of amides is 1. The number of carbonyl (C=O) groups excluding carboxylic acids is 1. The van der Waals surface area contributed by atoms with Gasteiger partial charge < -0.3 is 15.8 Å². The number of hydrogen-bond acceptors (Lipinski definition) is 5. The van der Waals surface area contributed by atoms with Crippen LogP contribution in [0.1, 0.15) is 23.7 Å². The molecule has 0 saturated heterocycles. The molecule has 0 saturated carbocycles. The molecule has 0 heterocycles. The van der Waals surface area contributed by atoms with E-state index in [1.54, 1.807) is 30.3 Å². The van der Waals surface area contributed by atoms with Crippen LogP contribution in [-0.4, -0.2) is 34.0 Å². The molecule has 2 rings (SSSR count). The molecule has 4 N–H and O–H groups in total. The van der Waals surface area contributed by atoms with Gasteiger partial charge >= 0.3 is 0 Å². The topological polar surface area (TPSA) is 111 Å². The number of anilines is 1. The summed E-state index contributed by atoms with van der Waals surface area (Å²) in [4.78, 5) is 12.2. The van der Waals surface area contributed by atoms with E-state index in [1.807, 2.05) is 6.92 Å². The molecule has 8 heteroatoms. The van der Waals surface area contributed by atoms with Gasteiger partial charge in [-0.25, -0.2) is 8.42 Å². The SMILES string of the molecule is CCOc1ccc(S(=O)(=O)Nc2cccc(C(=O)NCCCN)c2)cc1. The van der Waals surface area contributed by atoms with Gasteiger partial charge in [0, 0.05) is 17.8 Å². The van der Waals surface area contributed by atoms with E-state index < -0.39 is 10.0 Å². The fraction of sp³-hybridized carbons (Fsp3) is 0.278. The highest BCUT2D eigenvalue weighted by molar-refractivity contribution is 7.92. The van der Waals surface area contributed by atoms with E-state index in [4.69, 9.17) is 10.5 Å². The first-order chi connectivity index (χ1) is 12.5. The van der Waals surface area contributed by atoms with Gasteiger partial charge in [-0.15, -0.1) is 0 Å². The van der Waals surface area contributed by atoms with Gasteiger partial charge in [-0.05, 0) is 62.4 Å². The van der Waals surface area contributed by atoms with Gasteiger partial charge in [0.25, 0.3) is 15.9 Å². The molecule has 0 aliphatic carbocycles. The second kappa shape index (κ2) is 9.21. The second-order valence-corrected chi connectivity index (χ2v) is 7.17. The minimum Gasteiger partial charge on any atom is -0.494 e. The Morgan fingerprint density at radius 1 is 1.15 bits per heavy atom. The maximum Gasteiger partial charge on any atom is 0.261 e. The van der Waals surface area contributed by atoms with Gasteiger partial charge in [0.15, 0.2) is 0 Å². The normalized spacial score (nSPS) is 11.0. The number of hydrogen-bond donors (Lipinski definition) is 3. The molecule has 140 valence electrons. The predicted molar refractivity (Wildman–Crippen MR) is 101 cm³/mol. The van der Waals surface area contributed by atoms with E-state index in [0.717, 1.165) is 0 Å². The van der Waals surface area contributed by atoms with Crippen molar-refractivity contribution in [3.05, 3.63) is 54.1 Å². The maximum absolute atomic E-state index is 12.5. The minimum absolute atomic E-state index is 0.110. The number of nitrogens with one attached hydrogen (secondary N) is 2. The van der Waals surface area contributed by atoms with E-state index in [2.05, 4.69) is 10.0 Å². The maximum atomic E-state index is 12.5. The van der Waals surface area contributed by atoms with Crippen molar-refractivity contribution in [3.63, 3.8) is 0 Å². The third-order valence-electron chi connectivity index (χ3n) is 3.49. The van der Waals surface area contributed by atoms with Crippen LogP contribution in [0.3, 0.4) is 0 Å². The third kappa shape index (κ3) is 5.47. The van der Waals surface area contributed by atoms with Crippen LogP contribution in [0.15, 0.2) is 53.4 Å². The summed E-state index contributed by atoms with van der Waals surface area (Å²) < 4.78 is 32.8. The zero-order valence-electron chi connectivity index (χ0n) is 14.6. The van der Waals surface area contributed by atoms with Crippen LogP contribution in [0.25, 0.3) is 0 Å². The smallest absolute Gasteiger partial charge is 0.261 e. The fourth-order valence-corrected chi connectivity index (χ4v) is 3.28. The highest BCUT2D eigenvalue weighted by Crippen LogP contribution is 2.20. The zero-order valence-corrected chi connectivity index (χ0v) is 15.4. The molecule has 0 bridgehead atoms. The molecule has 0 aromatic heterocycles. The average Bonchev–Trinajstić information content (AvgIpc) is 2.62. The quantitative estimate of drug-likeness (QED) is 0.579. The molecule has 0 atom stereocenters. The molecule has 0 fully saturated rings. The molecule has 26 heavy (non-hydrogen) atoms. The first kappa shape index (κ1) is 19.7. The van der Waals surface area contributed by atoms with Crippen molar-refractivity contribution >= 4 is 21.6 Å². The summed E-state index contributed by atoms with van der Waals surface area (Å²) in [6.45, 7) is 3.32. The Kier molecular flexibility index (Phi) is 6.99. The molecule has 1 amide bonds. The first-order valence-corrected chi connectivity index (χ1v) is 9.78. The Labute approximate surface area is 153 Å². The molecule has 7 nitrogen and oxygen atoms in total. The van der Waals surface area contributed by atoms with Crippen molar-refractivity contribution in [2.24, 2.45) is 5.73 Å². The number of benzene rings is 2. The number of nitrogens with two attached hydrogens (primary N) is 1. The van der Waals surface area contributed by atoms with E-state index >= 15 is 0 Å². The Morgan fingerprint density at radius 2 is 1.88 bits per heavy atom. The molecule has 0 unspecified atom stereocenters. The van der Waals surface area contributed by atoms with Gasteiger partial charge in [0.1, 0.15) is 5.75 Å². The summed E-state index contributed by atoms with van der Waals surface area (Å²) in [5, 5.41) is 2.73. The molecule has 0 spiro atoms. The number of carbonyl (C=O) groups is 1. The van der Waals surface area contributed by atoms with Crippen LogP contribution in [0, 0.1) is 0 Å². The molecular formula is C18H23N3O4S. The molecular weight excluding hydrogens is 354 g/mol. The van der Waals surface area contributed by atoms with E-state index in [0.29, 0.717) is 43.1 Å². The van der Waals surface area contributed by atoms with Gasteiger partial charge in [0.05, 0.1) is 11.5 Å². The summed E-state index contributed by atoms with van der Waals surface area (Å²) >= 11 is 0. The molecule has 0 aliphatic rings. The lowest BCUT2D eigenvalue weighted by Crippen LogP contribution is -2.26. The predicted octanol–water partition coefficient (Wildman–Crippen LogP) is 1.96. The molecule has 2 aromatic carbocycles. The monoisotopic (exact) mass is 377 g/mol. The van der Waals surface area contributed by atoms with Gasteiger partial charge in [-0.2, -0.15) is 0 Å². The van der Waals surface area contributed by atoms with E-state index in [9.17, 15) is 13.2 Å². The van der Waals surface area contributed by atoms with Crippen LogP contribution in [0.2, 0.25) is 0 Å². The highest BCUT2D eigenvalue weighted by atomic mass is 32.2. The van der Waals surface area contributed by atoms with Gasteiger partial charge in [-0.3, -0.25) is 9.52 Å². The van der Waals surface area contributed by atoms with Crippen LogP contribution in [0.5, 0.6) is 5.75 Å². The number of ether oxygens (including phenoxy) is 1. The van der Waals surface area contributed by atoms with Crippen LogP contribution < -0.4 is 20.5 Å². The van der Waals surface area contributed by atoms with E-state index in [1.165, 1.54) is 18.2 Å². The zero-order chi connectivity index (χ0) is 19.0. The Balaban J connectivity index is 2.11. The van der Waals surface area contributed by atoms with Gasteiger partial charge in [-0.1, -0.05) is 6.07 Å². The van der Waals surface area contributed by atoms with Crippen LogP contribution >= 0.6 is 0 Å². The largest absolute Gasteiger partial charge is 0.494 e. The Bertz CT molecular complexity index is 836. The highest BCUT2D eigenvalue weighted by Gasteiger charge is 2.15. The fourth-order valence-electron chi connectivity index (χ4n) is 2.23. The van der Waals surface area contributed by atoms with Gasteiger partial charge in [0.2, 0.25) is 0 Å². The van der Waals surface area contributed by atoms with Crippen molar-refractivity contribution in [1.29, 1.82) is 0 Å². The van der Waals surface area contributed by atoms with Crippen molar-refractivity contribution < 1.29 is 17.9 Å². The lowest BCUT2D eigenvalue weighted by molar-refractivity contribution is 0.0953. The van der Waals surface area contributed by atoms with Crippen molar-refractivity contribution in [2.45, 2.75) is 18.2 Å². The average molecular weight is 377 g/mol. The summed E-state index contributed by atoms with van der Waals surface area (Å²) in [6, 6.07) is 12.4. The van der Waals surface area contributed by atoms with Crippen LogP contribution in [0.4, 0.5) is 5.69 Å². The number of sulfonamides is 1.